The van der Waals surface area contributed by atoms with Crippen LogP contribution in [0.5, 0.6) is 11.6 Å². The number of hydrogen-bond donors (Lipinski definition) is 1. The molecule has 6 nitrogen and oxygen atoms in total. The van der Waals surface area contributed by atoms with Crippen molar-refractivity contribution in [2.75, 3.05) is 19.0 Å². The van der Waals surface area contributed by atoms with Gasteiger partial charge in [0.15, 0.2) is 6.61 Å². The number of rotatable bonds is 5. The summed E-state index contributed by atoms with van der Waals surface area (Å²) >= 11 is 0. The summed E-state index contributed by atoms with van der Waals surface area (Å²) in [7, 11) is 1.56. The van der Waals surface area contributed by atoms with Crippen molar-refractivity contribution >= 4 is 22.4 Å². The minimum atomic E-state index is -0.298. The van der Waals surface area contributed by atoms with Crippen LogP contribution < -0.4 is 14.8 Å². The van der Waals surface area contributed by atoms with Gasteiger partial charge in [0.25, 0.3) is 5.91 Å². The van der Waals surface area contributed by atoms with E-state index in [4.69, 9.17) is 9.47 Å². The van der Waals surface area contributed by atoms with E-state index in [9.17, 15) is 4.79 Å². The van der Waals surface area contributed by atoms with Gasteiger partial charge in [0.1, 0.15) is 5.75 Å². The predicted molar refractivity (Wildman–Crippen MR) is 91.4 cm³/mol. The van der Waals surface area contributed by atoms with Crippen molar-refractivity contribution in [1.82, 2.24) is 10.2 Å². The summed E-state index contributed by atoms with van der Waals surface area (Å²) in [6.07, 6.45) is 1.65. The van der Waals surface area contributed by atoms with Crippen molar-refractivity contribution in [3.8, 4) is 11.6 Å². The maximum Gasteiger partial charge on any atom is 0.262 e. The summed E-state index contributed by atoms with van der Waals surface area (Å²) in [5.74, 6) is 0.631. The zero-order valence-corrected chi connectivity index (χ0v) is 13.4. The largest absolute Gasteiger partial charge is 0.495 e. The van der Waals surface area contributed by atoms with Crippen molar-refractivity contribution in [1.29, 1.82) is 0 Å². The Hall–Kier alpha value is -3.15. The van der Waals surface area contributed by atoms with Crippen molar-refractivity contribution in [2.45, 2.75) is 6.92 Å². The highest BCUT2D eigenvalue weighted by Crippen LogP contribution is 2.25. The number of carbonyl (C=O) groups is 1. The molecule has 1 aromatic heterocycles. The number of carbonyl (C=O) groups excluding carboxylic acids is 1. The Kier molecular flexibility index (Phi) is 4.56. The molecule has 122 valence electrons. The lowest BCUT2D eigenvalue weighted by Crippen LogP contribution is -2.21. The van der Waals surface area contributed by atoms with Crippen LogP contribution >= 0.6 is 0 Å². The average molecular weight is 323 g/mol. The number of nitrogens with zero attached hydrogens (tertiary/aromatic N) is 2. The zero-order chi connectivity index (χ0) is 16.9. The molecule has 1 amide bonds. The maximum atomic E-state index is 12.2. The summed E-state index contributed by atoms with van der Waals surface area (Å²) in [6.45, 7) is 1.77. The summed E-state index contributed by atoms with van der Waals surface area (Å²) in [5, 5.41) is 12.3. The van der Waals surface area contributed by atoms with Crippen LogP contribution in [-0.2, 0) is 4.79 Å². The van der Waals surface area contributed by atoms with Crippen molar-refractivity contribution in [3.63, 3.8) is 0 Å². The summed E-state index contributed by atoms with van der Waals surface area (Å²) in [5.41, 5.74) is 1.63. The highest BCUT2D eigenvalue weighted by Gasteiger charge is 2.10. The molecule has 6 heteroatoms. The Balaban J connectivity index is 1.71. The smallest absolute Gasteiger partial charge is 0.262 e. The second-order valence-electron chi connectivity index (χ2n) is 5.28. The van der Waals surface area contributed by atoms with Crippen LogP contribution in [0.2, 0.25) is 0 Å². The van der Waals surface area contributed by atoms with Gasteiger partial charge in [-0.15, -0.1) is 5.10 Å². The van der Waals surface area contributed by atoms with Gasteiger partial charge in [-0.2, -0.15) is 5.10 Å². The van der Waals surface area contributed by atoms with Crippen LogP contribution in [0.4, 0.5) is 5.69 Å². The fourth-order valence-electron chi connectivity index (χ4n) is 2.35. The number of fused-ring (bicyclic) bond motifs is 1. The van der Waals surface area contributed by atoms with Crippen LogP contribution in [0.15, 0.2) is 48.7 Å². The number of nitrogens with one attached hydrogen (secondary N) is 1. The normalized spacial score (nSPS) is 10.4. The monoisotopic (exact) mass is 323 g/mol. The third kappa shape index (κ3) is 3.43. The molecule has 3 rings (SSSR count). The van der Waals surface area contributed by atoms with E-state index in [1.165, 1.54) is 0 Å². The number of amides is 1. The van der Waals surface area contributed by atoms with E-state index >= 15 is 0 Å². The molecule has 0 aliphatic rings. The van der Waals surface area contributed by atoms with Crippen LogP contribution in [0.25, 0.3) is 10.8 Å². The number of aromatic nitrogens is 2. The molecule has 0 saturated carbocycles. The Morgan fingerprint density at radius 2 is 2.04 bits per heavy atom. The van der Waals surface area contributed by atoms with Crippen molar-refractivity contribution in [2.24, 2.45) is 0 Å². The first kappa shape index (κ1) is 15.7. The predicted octanol–water partition coefficient (Wildman–Crippen LogP) is 2.96. The van der Waals surface area contributed by atoms with E-state index in [1.54, 1.807) is 13.3 Å². The number of methoxy groups -OCH3 is 1. The average Bonchev–Trinajstić information content (AvgIpc) is 2.60. The molecular formula is C18H17N3O3. The summed E-state index contributed by atoms with van der Waals surface area (Å²) < 4.78 is 10.8. The molecule has 0 aliphatic heterocycles. The van der Waals surface area contributed by atoms with Crippen LogP contribution in [0.3, 0.4) is 0 Å². The SMILES string of the molecule is COc1ccc(C)cc1NC(=O)COc1nncc2ccccc12. The molecule has 1 N–H and O–H groups in total. The number of hydrogen-bond acceptors (Lipinski definition) is 5. The minimum Gasteiger partial charge on any atom is -0.495 e. The van der Waals surface area contributed by atoms with Crippen molar-refractivity contribution in [3.05, 3.63) is 54.2 Å². The van der Waals surface area contributed by atoms with Gasteiger partial charge < -0.3 is 14.8 Å². The molecule has 0 unspecified atom stereocenters. The van der Waals surface area contributed by atoms with E-state index in [0.29, 0.717) is 17.3 Å². The number of anilines is 1. The first-order valence-electron chi connectivity index (χ1n) is 7.45. The van der Waals surface area contributed by atoms with Gasteiger partial charge in [0.05, 0.1) is 19.0 Å². The lowest BCUT2D eigenvalue weighted by molar-refractivity contribution is -0.118. The molecule has 0 atom stereocenters. The van der Waals surface area contributed by atoms with Crippen LogP contribution in [0, 0.1) is 6.92 Å². The number of ether oxygens (including phenoxy) is 2. The third-order valence-electron chi connectivity index (χ3n) is 3.51. The second-order valence-corrected chi connectivity index (χ2v) is 5.28. The fraction of sp³-hybridized carbons (Fsp3) is 0.167. The van der Waals surface area contributed by atoms with E-state index in [0.717, 1.165) is 16.3 Å². The van der Waals surface area contributed by atoms with Gasteiger partial charge in [-0.3, -0.25) is 4.79 Å². The standard InChI is InChI=1S/C18H17N3O3/c1-12-7-8-16(23-2)15(9-12)20-17(22)11-24-18-14-6-4-3-5-13(14)10-19-21-18/h3-10H,11H2,1-2H3,(H,20,22). The topological polar surface area (TPSA) is 73.3 Å². The Bertz CT molecular complexity index is 875. The number of benzene rings is 2. The van der Waals surface area contributed by atoms with E-state index in [1.807, 2.05) is 49.4 Å². The molecule has 24 heavy (non-hydrogen) atoms. The first-order valence-corrected chi connectivity index (χ1v) is 7.45. The van der Waals surface area contributed by atoms with Gasteiger partial charge in [0.2, 0.25) is 5.88 Å². The molecule has 0 saturated heterocycles. The molecule has 3 aromatic rings. The quantitative estimate of drug-likeness (QED) is 0.781. The van der Waals surface area contributed by atoms with Gasteiger partial charge in [0, 0.05) is 10.8 Å². The Morgan fingerprint density at radius 3 is 2.88 bits per heavy atom. The van der Waals surface area contributed by atoms with Gasteiger partial charge in [-0.05, 0) is 30.7 Å². The lowest BCUT2D eigenvalue weighted by atomic mass is 10.2. The minimum absolute atomic E-state index is 0.167. The van der Waals surface area contributed by atoms with E-state index in [2.05, 4.69) is 15.5 Å². The van der Waals surface area contributed by atoms with Gasteiger partial charge in [-0.1, -0.05) is 24.3 Å². The molecule has 1 heterocycles. The van der Waals surface area contributed by atoms with E-state index in [-0.39, 0.29) is 12.5 Å². The third-order valence-corrected chi connectivity index (χ3v) is 3.51. The lowest BCUT2D eigenvalue weighted by Gasteiger charge is -2.11. The van der Waals surface area contributed by atoms with Crippen LogP contribution in [-0.4, -0.2) is 29.8 Å². The molecule has 0 spiro atoms. The molecule has 2 aromatic carbocycles. The fourth-order valence-corrected chi connectivity index (χ4v) is 2.35. The molecular weight excluding hydrogens is 306 g/mol. The molecule has 0 fully saturated rings. The molecule has 0 bridgehead atoms. The van der Waals surface area contributed by atoms with Crippen LogP contribution in [0.1, 0.15) is 5.56 Å². The van der Waals surface area contributed by atoms with Crippen molar-refractivity contribution < 1.29 is 14.3 Å². The zero-order valence-electron chi connectivity index (χ0n) is 13.4. The van der Waals surface area contributed by atoms with Gasteiger partial charge in [-0.25, -0.2) is 0 Å². The highest BCUT2D eigenvalue weighted by molar-refractivity contribution is 5.94. The summed E-state index contributed by atoms with van der Waals surface area (Å²) in [4.78, 5) is 12.2. The Morgan fingerprint density at radius 1 is 1.21 bits per heavy atom. The first-order chi connectivity index (χ1) is 11.7. The molecule has 0 aliphatic carbocycles. The highest BCUT2D eigenvalue weighted by atomic mass is 16.5. The van der Waals surface area contributed by atoms with Gasteiger partial charge >= 0.3 is 0 Å². The van der Waals surface area contributed by atoms with E-state index < -0.39 is 0 Å². The summed E-state index contributed by atoms with van der Waals surface area (Å²) in [6, 6.07) is 13.1. The molecule has 0 radical (unpaired) electrons. The maximum absolute atomic E-state index is 12.2. The number of aryl methyl sites for hydroxylation is 1. The Labute approximate surface area is 139 Å². The second kappa shape index (κ2) is 6.95.